The number of benzene rings is 7. The summed E-state index contributed by atoms with van der Waals surface area (Å²) < 4.78 is 0. The highest BCUT2D eigenvalue weighted by molar-refractivity contribution is 7.99. The van der Waals surface area contributed by atoms with E-state index in [1.54, 1.807) is 11.1 Å². The molecule has 2 heteroatoms. The van der Waals surface area contributed by atoms with Crippen molar-refractivity contribution in [3.8, 4) is 22.3 Å². The lowest BCUT2D eigenvalue weighted by Crippen LogP contribution is -2.57. The molecule has 5 aliphatic carbocycles. The van der Waals surface area contributed by atoms with Crippen molar-refractivity contribution in [3.63, 3.8) is 0 Å². The van der Waals surface area contributed by atoms with Gasteiger partial charge in [0.1, 0.15) is 0 Å². The Hall–Kier alpha value is -5.05. The maximum Gasteiger partial charge on any atom is 0.0604 e. The van der Waals surface area contributed by atoms with E-state index in [2.05, 4.69) is 184 Å². The molecule has 4 bridgehead atoms. The first-order chi connectivity index (χ1) is 29.2. The first-order valence-electron chi connectivity index (χ1n) is 22.7. The Bertz CT molecular complexity index is 2770. The fraction of sp³-hybridized carbons (Fsp3) is 0.310. The summed E-state index contributed by atoms with van der Waals surface area (Å²) in [5.74, 6) is 3.27. The minimum atomic E-state index is 0.0935. The fourth-order valence-electron chi connectivity index (χ4n) is 13.4. The molecule has 0 aromatic heterocycles. The number of hydrogen-bond acceptors (Lipinski definition) is 2. The molecule has 4 saturated carbocycles. The smallest absolute Gasteiger partial charge is 0.0604 e. The Kier molecular flexibility index (Phi) is 8.26. The standard InChI is InChI=1S/C58H55NS/c1-56(2)29-30-57(3,4)52-36-46(27-28-49(52)56)59(45-25-23-40(24-26-45)39-19-21-42(22-20-39)48-14-9-12-41-11-5-6-13-47(41)48)53-17-10-16-51-55(53)60-54-18-8-7-15-50(54)58(51)43-32-37-31-38(34-43)35-44(58)33-37/h5-28,36-38,43-44H,29-35H2,1-4H3. The minimum Gasteiger partial charge on any atom is -0.309 e. The normalized spacial score (nSPS) is 25.1. The highest BCUT2D eigenvalue weighted by Crippen LogP contribution is 2.69. The van der Waals surface area contributed by atoms with Crippen molar-refractivity contribution in [3.05, 3.63) is 174 Å². The third-order valence-corrected chi connectivity index (χ3v) is 17.4. The van der Waals surface area contributed by atoms with Crippen LogP contribution in [0.5, 0.6) is 0 Å². The van der Waals surface area contributed by atoms with Gasteiger partial charge in [0.05, 0.1) is 5.69 Å². The van der Waals surface area contributed by atoms with E-state index in [9.17, 15) is 0 Å². The van der Waals surface area contributed by atoms with E-state index in [0.717, 1.165) is 23.7 Å². The van der Waals surface area contributed by atoms with E-state index in [1.807, 2.05) is 11.8 Å². The monoisotopic (exact) mass is 797 g/mol. The molecule has 13 rings (SSSR count). The average molecular weight is 798 g/mol. The van der Waals surface area contributed by atoms with E-state index < -0.39 is 0 Å². The largest absolute Gasteiger partial charge is 0.309 e. The molecule has 7 aromatic rings. The molecule has 4 fully saturated rings. The van der Waals surface area contributed by atoms with Gasteiger partial charge in [0.2, 0.25) is 0 Å². The van der Waals surface area contributed by atoms with Crippen LogP contribution in [0.25, 0.3) is 33.0 Å². The van der Waals surface area contributed by atoms with Gasteiger partial charge in [-0.05, 0) is 171 Å². The molecular formula is C58H55NS. The van der Waals surface area contributed by atoms with E-state index in [4.69, 9.17) is 0 Å². The second-order valence-electron chi connectivity index (χ2n) is 20.4. The van der Waals surface area contributed by atoms with Gasteiger partial charge in [0.25, 0.3) is 0 Å². The Morgan fingerprint density at radius 3 is 1.82 bits per heavy atom. The van der Waals surface area contributed by atoms with Crippen molar-refractivity contribution < 1.29 is 0 Å². The lowest BCUT2D eigenvalue weighted by molar-refractivity contribution is -0.0443. The summed E-state index contributed by atoms with van der Waals surface area (Å²) in [4.78, 5) is 5.56. The zero-order valence-corrected chi connectivity index (χ0v) is 36.4. The average Bonchev–Trinajstić information content (AvgIpc) is 3.27. The molecule has 60 heavy (non-hydrogen) atoms. The summed E-state index contributed by atoms with van der Waals surface area (Å²) in [5, 5.41) is 2.58. The van der Waals surface area contributed by atoms with Crippen molar-refractivity contribution in [2.75, 3.05) is 4.90 Å². The maximum atomic E-state index is 2.62. The zero-order valence-electron chi connectivity index (χ0n) is 35.5. The number of nitrogens with zero attached hydrogens (tertiary/aromatic N) is 1. The fourth-order valence-corrected chi connectivity index (χ4v) is 14.7. The molecule has 7 aromatic carbocycles. The van der Waals surface area contributed by atoms with Gasteiger partial charge < -0.3 is 4.90 Å². The summed E-state index contributed by atoms with van der Waals surface area (Å²) >= 11 is 2.03. The number of hydrogen-bond donors (Lipinski definition) is 0. The number of rotatable bonds is 5. The molecule has 0 atom stereocenters. The predicted octanol–water partition coefficient (Wildman–Crippen LogP) is 16.2. The third-order valence-electron chi connectivity index (χ3n) is 16.2. The summed E-state index contributed by atoms with van der Waals surface area (Å²) in [7, 11) is 0. The van der Waals surface area contributed by atoms with Crippen LogP contribution in [-0.2, 0) is 16.2 Å². The molecule has 1 nitrogen and oxygen atoms in total. The van der Waals surface area contributed by atoms with E-state index in [-0.39, 0.29) is 16.2 Å². The van der Waals surface area contributed by atoms with E-state index >= 15 is 0 Å². The van der Waals surface area contributed by atoms with Crippen LogP contribution in [0.1, 0.15) is 94.9 Å². The van der Waals surface area contributed by atoms with Gasteiger partial charge in [-0.15, -0.1) is 0 Å². The van der Waals surface area contributed by atoms with Gasteiger partial charge in [-0.25, -0.2) is 0 Å². The van der Waals surface area contributed by atoms with Crippen LogP contribution >= 0.6 is 11.8 Å². The second kappa shape index (κ2) is 13.5. The van der Waals surface area contributed by atoms with Crippen molar-refractivity contribution in [2.24, 2.45) is 23.7 Å². The molecule has 0 unspecified atom stereocenters. The van der Waals surface area contributed by atoms with E-state index in [0.29, 0.717) is 0 Å². The molecule has 6 aliphatic rings. The van der Waals surface area contributed by atoms with E-state index in [1.165, 1.54) is 116 Å². The summed E-state index contributed by atoms with van der Waals surface area (Å²) in [5.41, 5.74) is 15.4. The summed E-state index contributed by atoms with van der Waals surface area (Å²) in [6.07, 6.45) is 9.44. The van der Waals surface area contributed by atoms with Crippen molar-refractivity contribution in [1.29, 1.82) is 0 Å². The molecular weight excluding hydrogens is 743 g/mol. The lowest BCUT2D eigenvalue weighted by Gasteiger charge is -2.63. The van der Waals surface area contributed by atoms with Gasteiger partial charge in [-0.3, -0.25) is 0 Å². The molecule has 0 radical (unpaired) electrons. The minimum absolute atomic E-state index is 0.0935. The first kappa shape index (κ1) is 36.8. The van der Waals surface area contributed by atoms with Crippen LogP contribution in [0.4, 0.5) is 17.1 Å². The van der Waals surface area contributed by atoms with Crippen LogP contribution in [0.2, 0.25) is 0 Å². The Labute approximate surface area is 361 Å². The summed E-state index contributed by atoms with van der Waals surface area (Å²) in [6, 6.07) is 58.3. The SMILES string of the molecule is CC1(C)CCC(C)(C)c2cc(N(c3ccc(-c4ccc(-c5cccc6ccccc56)cc4)cc3)c3cccc4c3Sc3ccccc3C43C4CC5CC(C4)CC3C5)ccc21. The zero-order chi connectivity index (χ0) is 40.4. The molecule has 1 heterocycles. The van der Waals surface area contributed by atoms with Gasteiger partial charge >= 0.3 is 0 Å². The van der Waals surface area contributed by atoms with Crippen LogP contribution in [0.15, 0.2) is 161 Å². The predicted molar refractivity (Wildman–Crippen MR) is 253 cm³/mol. The first-order valence-corrected chi connectivity index (χ1v) is 23.5. The Morgan fingerprint density at radius 2 is 1.07 bits per heavy atom. The lowest BCUT2D eigenvalue weighted by atomic mass is 9.42. The highest BCUT2D eigenvalue weighted by Gasteiger charge is 2.61. The summed E-state index contributed by atoms with van der Waals surface area (Å²) in [6.45, 7) is 9.81. The Balaban J connectivity index is 0.997. The van der Waals surface area contributed by atoms with Crippen LogP contribution in [0, 0.1) is 23.7 Å². The molecule has 1 spiro atoms. The van der Waals surface area contributed by atoms with Gasteiger partial charge in [-0.1, -0.05) is 155 Å². The third kappa shape index (κ3) is 5.52. The van der Waals surface area contributed by atoms with Gasteiger partial charge in [-0.2, -0.15) is 0 Å². The van der Waals surface area contributed by atoms with Crippen molar-refractivity contribution in [2.45, 2.75) is 98.7 Å². The topological polar surface area (TPSA) is 3.24 Å². The van der Waals surface area contributed by atoms with Crippen molar-refractivity contribution in [1.82, 2.24) is 0 Å². The molecule has 1 aliphatic heterocycles. The van der Waals surface area contributed by atoms with Crippen LogP contribution < -0.4 is 4.90 Å². The quantitative estimate of drug-likeness (QED) is 0.171. The van der Waals surface area contributed by atoms with Gasteiger partial charge in [0.15, 0.2) is 0 Å². The number of anilines is 3. The molecule has 0 N–H and O–H groups in total. The highest BCUT2D eigenvalue weighted by atomic mass is 32.2. The molecule has 298 valence electrons. The molecule has 0 amide bonds. The van der Waals surface area contributed by atoms with Gasteiger partial charge in [0, 0.05) is 26.6 Å². The second-order valence-corrected chi connectivity index (χ2v) is 21.5. The van der Waals surface area contributed by atoms with Crippen LogP contribution in [-0.4, -0.2) is 0 Å². The maximum absolute atomic E-state index is 2.62. The molecule has 0 saturated heterocycles. The number of fused-ring (bicyclic) bond motifs is 4. The Morgan fingerprint density at radius 1 is 0.483 bits per heavy atom. The van der Waals surface area contributed by atoms with Crippen molar-refractivity contribution >= 4 is 39.6 Å². The van der Waals surface area contributed by atoms with Crippen LogP contribution in [0.3, 0.4) is 0 Å².